The fourth-order valence-corrected chi connectivity index (χ4v) is 6.32. The molecule has 7 rings (SSSR count). The summed E-state index contributed by atoms with van der Waals surface area (Å²) < 4.78 is 2.26. The third-order valence-electron chi connectivity index (χ3n) is 8.62. The predicted octanol–water partition coefficient (Wildman–Crippen LogP) is 10.8. The number of hydrogen-bond donors (Lipinski definition) is 1. The number of para-hydroxylation sites is 3. The van der Waals surface area contributed by atoms with E-state index < -0.39 is 0 Å². The van der Waals surface area contributed by atoms with E-state index in [1.54, 1.807) is 6.07 Å². The Morgan fingerprint density at radius 3 is 2.00 bits per heavy atom. The minimum absolute atomic E-state index is 0. The molecule has 2 heterocycles. The van der Waals surface area contributed by atoms with Gasteiger partial charge in [0.05, 0.1) is 22.3 Å². The zero-order valence-electron chi connectivity index (χ0n) is 26.9. The topological polar surface area (TPSA) is 50.9 Å². The number of aromatic nitrogens is 3. The smallest absolute Gasteiger partial charge is 0.148 e. The van der Waals surface area contributed by atoms with Gasteiger partial charge in [0.25, 0.3) is 0 Å². The maximum Gasteiger partial charge on any atom is 0.148 e. The van der Waals surface area contributed by atoms with Crippen molar-refractivity contribution in [1.29, 1.82) is 0 Å². The number of phenolic OH excluding ortho intramolecular Hbond substituents is 1. The van der Waals surface area contributed by atoms with Crippen molar-refractivity contribution in [3.05, 3.63) is 145 Å². The third kappa shape index (κ3) is 6.06. The summed E-state index contributed by atoms with van der Waals surface area (Å²) in [6, 6.07) is 44.7. The van der Waals surface area contributed by atoms with Crippen LogP contribution in [0.15, 0.2) is 128 Å². The molecule has 0 aliphatic heterocycles. The Hall–Kier alpha value is -4.79. The summed E-state index contributed by atoms with van der Waals surface area (Å²) in [5.41, 5.74) is 12.1. The molecule has 0 unspecified atom stereocenters. The average molecular weight is 794 g/mol. The molecule has 236 valence electrons. The maximum atomic E-state index is 11.1. The number of aromatic hydroxyl groups is 1. The number of imidazole rings is 1. The molecule has 5 aromatic carbocycles. The summed E-state index contributed by atoms with van der Waals surface area (Å²) in [5.74, 6) is 1.49. The van der Waals surface area contributed by atoms with Gasteiger partial charge in [0.2, 0.25) is 0 Å². The summed E-state index contributed by atoms with van der Waals surface area (Å²) in [6.07, 6.45) is 1.86. The number of benzene rings is 5. The normalized spacial score (nSPS) is 11.3. The zero-order valence-corrected chi connectivity index (χ0v) is 29.2. The summed E-state index contributed by atoms with van der Waals surface area (Å²) in [6.45, 7) is 8.92. The van der Waals surface area contributed by atoms with E-state index >= 15 is 0 Å². The monoisotopic (exact) mass is 793 g/mol. The quantitative estimate of drug-likeness (QED) is 0.164. The van der Waals surface area contributed by atoms with Crippen molar-refractivity contribution < 1.29 is 26.2 Å². The summed E-state index contributed by atoms with van der Waals surface area (Å²) in [7, 11) is 0. The molecule has 0 radical (unpaired) electrons. The molecule has 0 spiro atoms. The van der Waals surface area contributed by atoms with Gasteiger partial charge in [-0.3, -0.25) is 9.55 Å². The number of nitrogens with zero attached hydrogens (tertiary/aromatic N) is 3. The minimum Gasteiger partial charge on any atom is -0.507 e. The fourth-order valence-electron chi connectivity index (χ4n) is 6.32. The van der Waals surface area contributed by atoms with Gasteiger partial charge in [0.1, 0.15) is 11.6 Å². The van der Waals surface area contributed by atoms with Crippen molar-refractivity contribution >= 4 is 11.0 Å². The number of fused-ring (bicyclic) bond motifs is 1. The van der Waals surface area contributed by atoms with E-state index in [4.69, 9.17) is 9.97 Å². The zero-order chi connectivity index (χ0) is 31.8. The molecule has 0 fully saturated rings. The second kappa shape index (κ2) is 13.5. The molecule has 0 aliphatic rings. The first kappa shape index (κ1) is 32.2. The molecule has 0 saturated carbocycles. The summed E-state index contributed by atoms with van der Waals surface area (Å²) >= 11 is 0. The molecule has 4 nitrogen and oxygen atoms in total. The number of pyridine rings is 1. The van der Waals surface area contributed by atoms with E-state index in [0.717, 1.165) is 50.2 Å². The van der Waals surface area contributed by atoms with Crippen LogP contribution in [0, 0.1) is 6.07 Å². The molecule has 0 atom stereocenters. The number of phenols is 1. The molecule has 5 heteroatoms. The first-order valence-corrected chi connectivity index (χ1v) is 15.9. The van der Waals surface area contributed by atoms with Crippen LogP contribution in [-0.2, 0) is 21.1 Å². The molecule has 0 saturated heterocycles. The SMILES string of the molecule is CC(C)c1cccc(C(C)C)c1-n1c(-c2ccccc2O)nc2c(-c3[c-]c(-c4cc(-c5ccccc5)ccn4)ccc3)cccc21.[Pt]. The number of rotatable bonds is 7. The van der Waals surface area contributed by atoms with Crippen LogP contribution in [0.2, 0.25) is 0 Å². The Balaban J connectivity index is 0.00000386. The molecular weight excluding hydrogens is 758 g/mol. The van der Waals surface area contributed by atoms with E-state index in [1.165, 1.54) is 11.1 Å². The van der Waals surface area contributed by atoms with Gasteiger partial charge in [0, 0.05) is 33.0 Å². The average Bonchev–Trinajstić information content (AvgIpc) is 3.48. The first-order valence-electron chi connectivity index (χ1n) is 15.9. The van der Waals surface area contributed by atoms with Gasteiger partial charge in [-0.1, -0.05) is 118 Å². The second-order valence-electron chi connectivity index (χ2n) is 12.3. The van der Waals surface area contributed by atoms with Crippen LogP contribution in [0.5, 0.6) is 5.75 Å². The predicted molar refractivity (Wildman–Crippen MR) is 189 cm³/mol. The van der Waals surface area contributed by atoms with Crippen molar-refractivity contribution in [3.8, 4) is 56.3 Å². The van der Waals surface area contributed by atoms with Crippen LogP contribution in [0.4, 0.5) is 0 Å². The standard InChI is InChI=1S/C42H36N3O.Pt/c1-27(2)33-18-11-19-34(28(3)4)41(33)45-38-21-12-20-35(40(38)44-42(45)36-17-8-9-22-39(36)46)31-15-10-16-32(25-31)37-26-30(23-24-43-37)29-13-6-5-7-14-29;/h5-24,26-28,46H,1-4H3;/q-1;. The van der Waals surface area contributed by atoms with Crippen LogP contribution in [0.25, 0.3) is 61.6 Å². The number of hydrogen-bond acceptors (Lipinski definition) is 3. The van der Waals surface area contributed by atoms with E-state index in [-0.39, 0.29) is 38.7 Å². The second-order valence-corrected chi connectivity index (χ2v) is 12.3. The molecular formula is C42H36N3OPt-. The summed E-state index contributed by atoms with van der Waals surface area (Å²) in [4.78, 5) is 10.0. The van der Waals surface area contributed by atoms with Gasteiger partial charge in [-0.15, -0.1) is 29.8 Å². The maximum absolute atomic E-state index is 11.1. The van der Waals surface area contributed by atoms with Gasteiger partial charge in [-0.25, -0.2) is 4.98 Å². The Morgan fingerprint density at radius 1 is 0.638 bits per heavy atom. The van der Waals surface area contributed by atoms with E-state index in [0.29, 0.717) is 11.4 Å². The van der Waals surface area contributed by atoms with Crippen molar-refractivity contribution in [2.24, 2.45) is 0 Å². The van der Waals surface area contributed by atoms with Gasteiger partial charge >= 0.3 is 0 Å². The van der Waals surface area contributed by atoms with Crippen LogP contribution < -0.4 is 0 Å². The van der Waals surface area contributed by atoms with Crippen molar-refractivity contribution in [2.75, 3.05) is 0 Å². The molecule has 0 bridgehead atoms. The van der Waals surface area contributed by atoms with Crippen molar-refractivity contribution in [1.82, 2.24) is 14.5 Å². The third-order valence-corrected chi connectivity index (χ3v) is 8.62. The largest absolute Gasteiger partial charge is 0.507 e. The Labute approximate surface area is 291 Å². The van der Waals surface area contributed by atoms with Crippen LogP contribution in [0.1, 0.15) is 50.7 Å². The van der Waals surface area contributed by atoms with Gasteiger partial charge < -0.3 is 5.11 Å². The first-order chi connectivity index (χ1) is 22.4. The molecule has 1 N–H and O–H groups in total. The van der Waals surface area contributed by atoms with E-state index in [2.05, 4.69) is 123 Å². The van der Waals surface area contributed by atoms with E-state index in [9.17, 15) is 5.11 Å². The van der Waals surface area contributed by atoms with Crippen LogP contribution in [-0.4, -0.2) is 19.6 Å². The Morgan fingerprint density at radius 2 is 1.28 bits per heavy atom. The van der Waals surface area contributed by atoms with Crippen LogP contribution in [0.3, 0.4) is 0 Å². The van der Waals surface area contributed by atoms with Crippen molar-refractivity contribution in [3.63, 3.8) is 0 Å². The molecule has 0 aliphatic carbocycles. The van der Waals surface area contributed by atoms with Gasteiger partial charge in [0.15, 0.2) is 0 Å². The molecule has 0 amide bonds. The fraction of sp³-hybridized carbons (Fsp3) is 0.143. The van der Waals surface area contributed by atoms with Crippen LogP contribution >= 0.6 is 0 Å². The molecule has 7 aromatic rings. The van der Waals surface area contributed by atoms with Crippen molar-refractivity contribution in [2.45, 2.75) is 39.5 Å². The Kier molecular flexibility index (Phi) is 9.25. The van der Waals surface area contributed by atoms with Gasteiger partial charge in [-0.2, -0.15) is 0 Å². The molecule has 2 aromatic heterocycles. The minimum atomic E-state index is 0. The molecule has 47 heavy (non-hydrogen) atoms. The van der Waals surface area contributed by atoms with Gasteiger partial charge in [-0.05, 0) is 58.4 Å². The Bertz CT molecular complexity index is 2160. The van der Waals surface area contributed by atoms with E-state index in [1.807, 2.05) is 36.5 Å². The summed E-state index contributed by atoms with van der Waals surface area (Å²) in [5, 5.41) is 11.1.